The van der Waals surface area contributed by atoms with Crippen LogP contribution >= 0.6 is 0 Å². The molecular weight excluding hydrogens is 461 g/mol. The smallest absolute Gasteiger partial charge is 0.277 e. The largest absolute Gasteiger partial charge is 0.497 e. The van der Waals surface area contributed by atoms with E-state index < -0.39 is 17.8 Å². The van der Waals surface area contributed by atoms with Gasteiger partial charge in [-0.15, -0.1) is 0 Å². The molecule has 1 aliphatic rings. The third kappa shape index (κ3) is 5.64. The Bertz CT molecular complexity index is 1200. The van der Waals surface area contributed by atoms with Crippen LogP contribution in [0.25, 0.3) is 0 Å². The zero-order valence-corrected chi connectivity index (χ0v) is 20.4. The number of aromatic nitrogens is 1. The number of pyridine rings is 1. The summed E-state index contributed by atoms with van der Waals surface area (Å²) in [6, 6.07) is 14.5. The summed E-state index contributed by atoms with van der Waals surface area (Å²) in [6.07, 6.45) is 6.43. The van der Waals surface area contributed by atoms with E-state index in [9.17, 15) is 14.0 Å². The first-order valence-electron chi connectivity index (χ1n) is 12.0. The molecular formula is C28H30FN3O4. The molecule has 1 aliphatic carbocycles. The summed E-state index contributed by atoms with van der Waals surface area (Å²) in [4.78, 5) is 33.3. The van der Waals surface area contributed by atoms with E-state index in [1.54, 1.807) is 42.5 Å². The Morgan fingerprint density at radius 3 is 2.47 bits per heavy atom. The molecule has 2 amide bonds. The predicted octanol–water partition coefficient (Wildman–Crippen LogP) is 5.07. The second-order valence-corrected chi connectivity index (χ2v) is 8.72. The van der Waals surface area contributed by atoms with Crippen LogP contribution in [0.15, 0.2) is 66.9 Å². The first-order valence-corrected chi connectivity index (χ1v) is 12.0. The fourth-order valence-corrected chi connectivity index (χ4v) is 4.59. The lowest BCUT2D eigenvalue weighted by atomic mass is 9.94. The van der Waals surface area contributed by atoms with E-state index in [0.717, 1.165) is 32.1 Å². The van der Waals surface area contributed by atoms with E-state index in [1.165, 1.54) is 43.5 Å². The van der Waals surface area contributed by atoms with Gasteiger partial charge in [0.25, 0.3) is 5.91 Å². The third-order valence-electron chi connectivity index (χ3n) is 6.38. The van der Waals surface area contributed by atoms with Gasteiger partial charge in [0, 0.05) is 29.6 Å². The number of halogens is 1. The Hall–Kier alpha value is -3.94. The highest BCUT2D eigenvalue weighted by molar-refractivity contribution is 6.09. The Labute approximate surface area is 210 Å². The lowest BCUT2D eigenvalue weighted by Crippen LogP contribution is -2.47. The van der Waals surface area contributed by atoms with E-state index in [1.807, 2.05) is 0 Å². The SMILES string of the molecule is COc1ccc(C(C(=O)NC2CCCCC2)N(C(=O)c2ccccn2)c2cccc(F)c2)c(OC)c1. The predicted molar refractivity (Wildman–Crippen MR) is 135 cm³/mol. The maximum absolute atomic E-state index is 14.4. The summed E-state index contributed by atoms with van der Waals surface area (Å²) in [6.45, 7) is 0. The van der Waals surface area contributed by atoms with Crippen molar-refractivity contribution in [3.63, 3.8) is 0 Å². The average molecular weight is 492 g/mol. The minimum absolute atomic E-state index is 0.00250. The van der Waals surface area contributed by atoms with E-state index in [2.05, 4.69) is 10.3 Å². The molecule has 0 radical (unpaired) electrons. The first-order chi connectivity index (χ1) is 17.5. The van der Waals surface area contributed by atoms with Gasteiger partial charge in [0.15, 0.2) is 0 Å². The van der Waals surface area contributed by atoms with Gasteiger partial charge < -0.3 is 14.8 Å². The first kappa shape index (κ1) is 25.2. The van der Waals surface area contributed by atoms with Gasteiger partial charge in [-0.3, -0.25) is 19.5 Å². The number of anilines is 1. The topological polar surface area (TPSA) is 80.8 Å². The standard InChI is InChI=1S/C28H30FN3O4/c1-35-22-14-15-23(25(18-22)36-2)26(27(33)31-20-10-4-3-5-11-20)32(21-12-8-9-19(29)17-21)28(34)24-13-6-7-16-30-24/h6-9,12-18,20,26H,3-5,10-11H2,1-2H3,(H,31,33). The van der Waals surface area contributed by atoms with E-state index in [4.69, 9.17) is 9.47 Å². The van der Waals surface area contributed by atoms with Crippen LogP contribution in [0.2, 0.25) is 0 Å². The fraction of sp³-hybridized carbons (Fsp3) is 0.321. The van der Waals surface area contributed by atoms with Crippen LogP contribution in [0, 0.1) is 5.82 Å². The van der Waals surface area contributed by atoms with Gasteiger partial charge in [-0.2, -0.15) is 0 Å². The summed E-state index contributed by atoms with van der Waals surface area (Å²) in [5, 5.41) is 3.13. The maximum atomic E-state index is 14.4. The Morgan fingerprint density at radius 1 is 1.00 bits per heavy atom. The Balaban J connectivity index is 1.87. The molecule has 4 rings (SSSR count). The van der Waals surface area contributed by atoms with Gasteiger partial charge >= 0.3 is 0 Å². The van der Waals surface area contributed by atoms with Crippen molar-refractivity contribution in [2.24, 2.45) is 0 Å². The molecule has 0 aliphatic heterocycles. The highest BCUT2D eigenvalue weighted by atomic mass is 19.1. The minimum atomic E-state index is -1.15. The zero-order chi connectivity index (χ0) is 25.5. The number of hydrogen-bond acceptors (Lipinski definition) is 5. The number of hydrogen-bond donors (Lipinski definition) is 1. The molecule has 0 spiro atoms. The summed E-state index contributed by atoms with van der Waals surface area (Å²) in [5.41, 5.74) is 0.803. The molecule has 1 atom stereocenters. The lowest BCUT2D eigenvalue weighted by Gasteiger charge is -2.34. The van der Waals surface area contributed by atoms with Gasteiger partial charge in [-0.1, -0.05) is 31.4 Å². The monoisotopic (exact) mass is 491 g/mol. The van der Waals surface area contributed by atoms with Crippen molar-refractivity contribution < 1.29 is 23.5 Å². The Kier molecular flexibility index (Phi) is 8.15. The van der Waals surface area contributed by atoms with Gasteiger partial charge in [0.05, 0.1) is 14.2 Å². The molecule has 1 heterocycles. The summed E-state index contributed by atoms with van der Waals surface area (Å²) in [5.74, 6) is -0.537. The molecule has 1 unspecified atom stereocenters. The van der Waals surface area contributed by atoms with Crippen LogP contribution in [0.1, 0.15) is 54.2 Å². The maximum Gasteiger partial charge on any atom is 0.277 e. The van der Waals surface area contributed by atoms with E-state index >= 15 is 0 Å². The molecule has 3 aromatic rings. The van der Waals surface area contributed by atoms with Crippen molar-refractivity contribution in [2.45, 2.75) is 44.2 Å². The van der Waals surface area contributed by atoms with Gasteiger partial charge in [-0.05, 0) is 55.3 Å². The van der Waals surface area contributed by atoms with Crippen LogP contribution in [0.4, 0.5) is 10.1 Å². The number of nitrogens with one attached hydrogen (secondary N) is 1. The highest BCUT2D eigenvalue weighted by Gasteiger charge is 2.37. The normalized spacial score (nSPS) is 14.5. The van der Waals surface area contributed by atoms with Crippen LogP contribution in [-0.4, -0.2) is 37.1 Å². The molecule has 7 nitrogen and oxygen atoms in total. The summed E-state index contributed by atoms with van der Waals surface area (Å²) in [7, 11) is 3.02. The van der Waals surface area contributed by atoms with Gasteiger partial charge in [-0.25, -0.2) is 4.39 Å². The molecule has 1 aromatic heterocycles. The number of ether oxygens (including phenoxy) is 2. The summed E-state index contributed by atoms with van der Waals surface area (Å²) < 4.78 is 25.3. The quantitative estimate of drug-likeness (QED) is 0.476. The van der Waals surface area contributed by atoms with Crippen molar-refractivity contribution in [3.05, 3.63) is 83.9 Å². The molecule has 36 heavy (non-hydrogen) atoms. The average Bonchev–Trinajstić information content (AvgIpc) is 2.92. The highest BCUT2D eigenvalue weighted by Crippen LogP contribution is 2.37. The molecule has 1 fully saturated rings. The molecule has 8 heteroatoms. The molecule has 188 valence electrons. The number of carbonyl (C=O) groups is 2. The van der Waals surface area contributed by atoms with Crippen molar-refractivity contribution >= 4 is 17.5 Å². The second-order valence-electron chi connectivity index (χ2n) is 8.72. The van der Waals surface area contributed by atoms with Crippen molar-refractivity contribution in [1.82, 2.24) is 10.3 Å². The van der Waals surface area contributed by atoms with Crippen molar-refractivity contribution in [2.75, 3.05) is 19.1 Å². The zero-order valence-electron chi connectivity index (χ0n) is 20.4. The number of benzene rings is 2. The molecule has 0 bridgehead atoms. The number of amides is 2. The third-order valence-corrected chi connectivity index (χ3v) is 6.38. The van der Waals surface area contributed by atoms with Gasteiger partial charge in [0.1, 0.15) is 29.1 Å². The fourth-order valence-electron chi connectivity index (χ4n) is 4.59. The van der Waals surface area contributed by atoms with Gasteiger partial charge in [0.2, 0.25) is 5.91 Å². The summed E-state index contributed by atoms with van der Waals surface area (Å²) >= 11 is 0. The molecule has 0 saturated heterocycles. The number of methoxy groups -OCH3 is 2. The number of nitrogens with zero attached hydrogens (tertiary/aromatic N) is 2. The molecule has 1 saturated carbocycles. The van der Waals surface area contributed by atoms with Crippen LogP contribution < -0.4 is 19.7 Å². The van der Waals surface area contributed by atoms with Crippen molar-refractivity contribution in [1.29, 1.82) is 0 Å². The van der Waals surface area contributed by atoms with Crippen LogP contribution in [-0.2, 0) is 4.79 Å². The van der Waals surface area contributed by atoms with E-state index in [0.29, 0.717) is 17.1 Å². The van der Waals surface area contributed by atoms with Crippen molar-refractivity contribution in [3.8, 4) is 11.5 Å². The minimum Gasteiger partial charge on any atom is -0.497 e. The lowest BCUT2D eigenvalue weighted by molar-refractivity contribution is -0.123. The molecule has 2 aromatic carbocycles. The molecule has 1 N–H and O–H groups in total. The number of rotatable bonds is 8. The van der Waals surface area contributed by atoms with E-state index in [-0.39, 0.29) is 23.3 Å². The van der Waals surface area contributed by atoms with Crippen LogP contribution in [0.5, 0.6) is 11.5 Å². The second kappa shape index (κ2) is 11.7. The number of carbonyl (C=O) groups excluding carboxylic acids is 2. The Morgan fingerprint density at radius 2 is 1.81 bits per heavy atom. The van der Waals surface area contributed by atoms with Crippen LogP contribution in [0.3, 0.4) is 0 Å².